The zero-order valence-electron chi connectivity index (χ0n) is 17.8. The van der Waals surface area contributed by atoms with Crippen molar-refractivity contribution in [3.63, 3.8) is 0 Å². The Bertz CT molecular complexity index is 693. The number of phenolic OH excluding ortho intramolecular Hbond substituents is 2. The van der Waals surface area contributed by atoms with Crippen LogP contribution in [0.1, 0.15) is 76.7 Å². The molecular weight excluding hydrogens is 366 g/mol. The largest absolute Gasteiger partial charge is 0.508 e. The van der Waals surface area contributed by atoms with Crippen molar-refractivity contribution >= 4 is 11.7 Å². The highest BCUT2D eigenvalue weighted by Crippen LogP contribution is 2.39. The van der Waals surface area contributed by atoms with Gasteiger partial charge in [-0.05, 0) is 74.0 Å². The van der Waals surface area contributed by atoms with E-state index in [1.54, 1.807) is 12.1 Å². The van der Waals surface area contributed by atoms with Crippen molar-refractivity contribution in [1.29, 1.82) is 0 Å². The minimum absolute atomic E-state index is 0.0483. The van der Waals surface area contributed by atoms with Gasteiger partial charge in [0.25, 0.3) is 0 Å². The van der Waals surface area contributed by atoms with E-state index in [0.29, 0.717) is 36.4 Å². The summed E-state index contributed by atoms with van der Waals surface area (Å²) >= 11 is 0. The Hall–Kier alpha value is -2.04. The number of nitrogens with zero attached hydrogens (tertiary/aromatic N) is 1. The van der Waals surface area contributed by atoms with Gasteiger partial charge in [0.15, 0.2) is 0 Å². The molecule has 1 aromatic carbocycles. The standard InChI is InChI=1S/C24H35NO4/c1-16(2)24(29)25-9-7-18(8-10-25)12-21(26)11-17-3-5-19(6-4-17)20-13-22(27)15-23(28)14-20/h13-19,27-28H,3-12H2,1-2H3. The van der Waals surface area contributed by atoms with Gasteiger partial charge in [0.1, 0.15) is 17.3 Å². The van der Waals surface area contributed by atoms with E-state index in [1.807, 2.05) is 18.7 Å². The number of hydrogen-bond acceptors (Lipinski definition) is 4. The van der Waals surface area contributed by atoms with Crippen LogP contribution in [0.3, 0.4) is 0 Å². The third kappa shape index (κ3) is 5.97. The van der Waals surface area contributed by atoms with Gasteiger partial charge < -0.3 is 15.1 Å². The smallest absolute Gasteiger partial charge is 0.225 e. The minimum Gasteiger partial charge on any atom is -0.508 e. The van der Waals surface area contributed by atoms with Crippen molar-refractivity contribution < 1.29 is 19.8 Å². The summed E-state index contributed by atoms with van der Waals surface area (Å²) in [5.74, 6) is 2.09. The van der Waals surface area contributed by atoms with Crippen molar-refractivity contribution in [2.24, 2.45) is 17.8 Å². The predicted molar refractivity (Wildman–Crippen MR) is 113 cm³/mol. The molecule has 0 radical (unpaired) electrons. The molecule has 160 valence electrons. The van der Waals surface area contributed by atoms with E-state index in [-0.39, 0.29) is 23.3 Å². The second-order valence-electron chi connectivity index (χ2n) is 9.37. The number of aromatic hydroxyl groups is 2. The van der Waals surface area contributed by atoms with Gasteiger partial charge in [-0.3, -0.25) is 9.59 Å². The van der Waals surface area contributed by atoms with E-state index in [9.17, 15) is 19.8 Å². The second-order valence-corrected chi connectivity index (χ2v) is 9.37. The van der Waals surface area contributed by atoms with Crippen LogP contribution in [0.15, 0.2) is 18.2 Å². The van der Waals surface area contributed by atoms with Gasteiger partial charge in [-0.2, -0.15) is 0 Å². The van der Waals surface area contributed by atoms with Crippen LogP contribution in [0.25, 0.3) is 0 Å². The predicted octanol–water partition coefficient (Wildman–Crippen LogP) is 4.62. The van der Waals surface area contributed by atoms with E-state index in [0.717, 1.165) is 57.2 Å². The normalized spacial score (nSPS) is 23.3. The monoisotopic (exact) mass is 401 g/mol. The summed E-state index contributed by atoms with van der Waals surface area (Å²) in [5, 5.41) is 19.4. The Morgan fingerprint density at radius 1 is 0.897 bits per heavy atom. The number of amides is 1. The van der Waals surface area contributed by atoms with E-state index in [1.165, 1.54) is 6.07 Å². The van der Waals surface area contributed by atoms with Crippen molar-refractivity contribution in [3.8, 4) is 11.5 Å². The summed E-state index contributed by atoms with van der Waals surface area (Å²) in [4.78, 5) is 26.6. The molecule has 1 saturated heterocycles. The number of benzene rings is 1. The zero-order valence-corrected chi connectivity index (χ0v) is 17.8. The molecule has 1 aromatic rings. The molecule has 0 atom stereocenters. The number of ketones is 1. The number of carbonyl (C=O) groups is 2. The van der Waals surface area contributed by atoms with Crippen molar-refractivity contribution in [2.45, 2.75) is 71.1 Å². The Balaban J connectivity index is 1.39. The van der Waals surface area contributed by atoms with Gasteiger partial charge >= 0.3 is 0 Å². The van der Waals surface area contributed by atoms with Crippen LogP contribution < -0.4 is 0 Å². The first-order valence-electron chi connectivity index (χ1n) is 11.1. The summed E-state index contributed by atoms with van der Waals surface area (Å²) < 4.78 is 0. The summed E-state index contributed by atoms with van der Waals surface area (Å²) in [6.45, 7) is 5.46. The van der Waals surface area contributed by atoms with E-state index < -0.39 is 0 Å². The highest BCUT2D eigenvalue weighted by Gasteiger charge is 2.28. The number of carbonyl (C=O) groups excluding carboxylic acids is 2. The highest BCUT2D eigenvalue weighted by atomic mass is 16.3. The van der Waals surface area contributed by atoms with Crippen LogP contribution in [0.4, 0.5) is 0 Å². The van der Waals surface area contributed by atoms with Crippen LogP contribution in [0, 0.1) is 17.8 Å². The lowest BCUT2D eigenvalue weighted by atomic mass is 9.76. The Labute approximate surface area is 174 Å². The van der Waals surface area contributed by atoms with Crippen LogP contribution in [0.5, 0.6) is 11.5 Å². The molecule has 1 amide bonds. The van der Waals surface area contributed by atoms with E-state index in [4.69, 9.17) is 0 Å². The number of rotatable bonds is 6. The minimum atomic E-state index is 0.0483. The number of hydrogen-bond donors (Lipinski definition) is 2. The fourth-order valence-corrected chi connectivity index (χ4v) is 5.00. The number of Topliss-reactive ketones (excluding diaryl/α,β-unsaturated/α-hetero) is 1. The van der Waals surface area contributed by atoms with Crippen LogP contribution >= 0.6 is 0 Å². The Morgan fingerprint density at radius 2 is 1.41 bits per heavy atom. The molecule has 1 heterocycles. The second kappa shape index (κ2) is 9.64. The van der Waals surface area contributed by atoms with Crippen molar-refractivity contribution in [1.82, 2.24) is 4.90 Å². The highest BCUT2D eigenvalue weighted by molar-refractivity contribution is 5.79. The lowest BCUT2D eigenvalue weighted by Crippen LogP contribution is -2.41. The molecule has 1 saturated carbocycles. The molecule has 29 heavy (non-hydrogen) atoms. The Kier molecular flexibility index (Phi) is 7.20. The first kappa shape index (κ1) is 21.7. The maximum Gasteiger partial charge on any atom is 0.225 e. The molecule has 5 nitrogen and oxygen atoms in total. The molecular formula is C24H35NO4. The van der Waals surface area contributed by atoms with Crippen molar-refractivity contribution in [3.05, 3.63) is 23.8 Å². The van der Waals surface area contributed by atoms with Crippen LogP contribution in [0.2, 0.25) is 0 Å². The molecule has 2 fully saturated rings. The quantitative estimate of drug-likeness (QED) is 0.729. The number of piperidine rings is 1. The Morgan fingerprint density at radius 3 is 1.93 bits per heavy atom. The molecule has 1 aliphatic carbocycles. The molecule has 2 N–H and O–H groups in total. The average Bonchev–Trinajstić information content (AvgIpc) is 2.67. The van der Waals surface area contributed by atoms with Gasteiger partial charge in [0, 0.05) is 37.9 Å². The van der Waals surface area contributed by atoms with Gasteiger partial charge in [-0.25, -0.2) is 0 Å². The third-order valence-corrected chi connectivity index (χ3v) is 6.70. The molecule has 3 rings (SSSR count). The summed E-state index contributed by atoms with van der Waals surface area (Å²) in [6.07, 6.45) is 7.25. The molecule has 0 aromatic heterocycles. The van der Waals surface area contributed by atoms with Crippen LogP contribution in [-0.2, 0) is 9.59 Å². The lowest BCUT2D eigenvalue weighted by molar-refractivity contribution is -0.135. The van der Waals surface area contributed by atoms with Gasteiger partial charge in [-0.1, -0.05) is 13.8 Å². The molecule has 0 spiro atoms. The number of phenols is 2. The topological polar surface area (TPSA) is 77.8 Å². The van der Waals surface area contributed by atoms with Gasteiger partial charge in [-0.15, -0.1) is 0 Å². The summed E-state index contributed by atoms with van der Waals surface area (Å²) in [6, 6.07) is 4.84. The summed E-state index contributed by atoms with van der Waals surface area (Å²) in [5.41, 5.74) is 0.995. The summed E-state index contributed by atoms with van der Waals surface area (Å²) in [7, 11) is 0. The van der Waals surface area contributed by atoms with Gasteiger partial charge in [0.05, 0.1) is 0 Å². The van der Waals surface area contributed by atoms with Crippen LogP contribution in [-0.4, -0.2) is 39.9 Å². The maximum absolute atomic E-state index is 12.6. The molecule has 1 aliphatic heterocycles. The SMILES string of the molecule is CC(C)C(=O)N1CCC(CC(=O)CC2CCC(c3cc(O)cc(O)c3)CC2)CC1. The average molecular weight is 402 g/mol. The van der Waals surface area contributed by atoms with E-state index in [2.05, 4.69) is 0 Å². The van der Waals surface area contributed by atoms with Crippen molar-refractivity contribution in [2.75, 3.05) is 13.1 Å². The first-order chi connectivity index (χ1) is 13.8. The zero-order chi connectivity index (χ0) is 21.0. The first-order valence-corrected chi connectivity index (χ1v) is 11.1. The van der Waals surface area contributed by atoms with E-state index >= 15 is 0 Å². The molecule has 0 unspecified atom stereocenters. The molecule has 0 bridgehead atoms. The maximum atomic E-state index is 12.6. The fraction of sp³-hybridized carbons (Fsp3) is 0.667. The van der Waals surface area contributed by atoms with Gasteiger partial charge in [0.2, 0.25) is 5.91 Å². The number of likely N-dealkylation sites (tertiary alicyclic amines) is 1. The molecule has 5 heteroatoms. The fourth-order valence-electron chi connectivity index (χ4n) is 5.00. The molecule has 2 aliphatic rings. The third-order valence-electron chi connectivity index (χ3n) is 6.70. The lowest BCUT2D eigenvalue weighted by Gasteiger charge is -2.33.